The zero-order valence-corrected chi connectivity index (χ0v) is 5.02. The fourth-order valence-electron chi connectivity index (χ4n) is 0.220. The average molecular weight is 134 g/mol. The summed E-state index contributed by atoms with van der Waals surface area (Å²) in [5.41, 5.74) is 0. The van der Waals surface area contributed by atoms with Gasteiger partial charge in [-0.1, -0.05) is 0 Å². The van der Waals surface area contributed by atoms with E-state index in [0.29, 0.717) is 12.6 Å². The van der Waals surface area contributed by atoms with Gasteiger partial charge in [0.15, 0.2) is 0 Å². The topological polar surface area (TPSA) is 51.2 Å². The minimum Gasteiger partial charge on any atom is -0.302 e. The molecule has 0 rings (SSSR count). The second-order valence-electron chi connectivity index (χ2n) is 1.11. The Bertz CT molecular complexity index is 97.9. The van der Waals surface area contributed by atoms with E-state index in [1.54, 1.807) is 0 Å². The summed E-state index contributed by atoms with van der Waals surface area (Å²) in [7, 11) is -1.26. The number of aldehydes is 2. The lowest BCUT2D eigenvalue weighted by molar-refractivity contribution is -0.106. The van der Waals surface area contributed by atoms with Crippen LogP contribution in [0.5, 0.6) is 0 Å². The van der Waals surface area contributed by atoms with Gasteiger partial charge in [-0.2, -0.15) is 0 Å². The summed E-state index contributed by atoms with van der Waals surface area (Å²) in [5.74, 6) is -0.0581. The molecule has 0 aromatic carbocycles. The van der Waals surface area contributed by atoms with Crippen LogP contribution in [0.1, 0.15) is 0 Å². The maximum absolute atomic E-state index is 10.3. The van der Waals surface area contributed by atoms with Gasteiger partial charge in [0.1, 0.15) is 12.6 Å². The summed E-state index contributed by atoms with van der Waals surface area (Å²) >= 11 is 0. The molecular weight excluding hydrogens is 128 g/mol. The van der Waals surface area contributed by atoms with E-state index in [1.165, 1.54) is 0 Å². The van der Waals surface area contributed by atoms with Crippen LogP contribution >= 0.6 is 0 Å². The van der Waals surface area contributed by atoms with Crippen molar-refractivity contribution in [1.82, 2.24) is 0 Å². The van der Waals surface area contributed by atoms with Crippen LogP contribution in [0.3, 0.4) is 0 Å². The molecule has 0 spiro atoms. The maximum Gasteiger partial charge on any atom is 0.132 e. The summed E-state index contributed by atoms with van der Waals surface area (Å²) < 4.78 is 10.3. The first-order chi connectivity index (χ1) is 3.81. The van der Waals surface area contributed by atoms with Crippen molar-refractivity contribution in [3.8, 4) is 0 Å². The molecule has 0 unspecified atom stereocenters. The molecule has 0 aromatic heterocycles. The third-order valence-corrected chi connectivity index (χ3v) is 1.52. The van der Waals surface area contributed by atoms with Gasteiger partial charge in [-0.15, -0.1) is 0 Å². The largest absolute Gasteiger partial charge is 0.302 e. The molecule has 0 saturated carbocycles. The Morgan fingerprint density at radius 1 is 1.12 bits per heavy atom. The van der Waals surface area contributed by atoms with Crippen LogP contribution in [0.25, 0.3) is 0 Å². The predicted molar refractivity (Wildman–Crippen MR) is 30.0 cm³/mol. The average Bonchev–Trinajstić information content (AvgIpc) is 1.68. The van der Waals surface area contributed by atoms with Gasteiger partial charge >= 0.3 is 0 Å². The van der Waals surface area contributed by atoms with E-state index in [0.717, 1.165) is 0 Å². The molecular formula is C4H6O3S. The second-order valence-corrected chi connectivity index (χ2v) is 2.65. The van der Waals surface area contributed by atoms with Crippen molar-refractivity contribution in [2.24, 2.45) is 0 Å². The lowest BCUT2D eigenvalue weighted by Crippen LogP contribution is -2.03. The molecule has 0 fully saturated rings. The molecule has 0 aliphatic heterocycles. The quantitative estimate of drug-likeness (QED) is 0.470. The van der Waals surface area contributed by atoms with Crippen LogP contribution < -0.4 is 0 Å². The Morgan fingerprint density at radius 3 is 1.75 bits per heavy atom. The van der Waals surface area contributed by atoms with Crippen molar-refractivity contribution in [2.75, 3.05) is 11.5 Å². The van der Waals surface area contributed by atoms with E-state index in [4.69, 9.17) is 0 Å². The lowest BCUT2D eigenvalue weighted by Gasteiger charge is -1.83. The summed E-state index contributed by atoms with van der Waals surface area (Å²) in [6.07, 6.45) is 1.08. The Morgan fingerprint density at radius 2 is 1.50 bits per heavy atom. The minimum absolute atomic E-state index is 0.0290. The lowest BCUT2D eigenvalue weighted by atomic mass is 10.9. The van der Waals surface area contributed by atoms with Gasteiger partial charge in [0.25, 0.3) is 0 Å². The first-order valence-corrected chi connectivity index (χ1v) is 3.52. The third kappa shape index (κ3) is 3.67. The molecule has 0 amide bonds. The van der Waals surface area contributed by atoms with Crippen LogP contribution in [-0.2, 0) is 20.4 Å². The molecule has 0 aromatic rings. The highest BCUT2D eigenvalue weighted by atomic mass is 32.2. The molecule has 0 aliphatic carbocycles. The summed E-state index contributed by atoms with van der Waals surface area (Å²) in [4.78, 5) is 19.2. The Labute approximate surface area is 49.5 Å². The number of carbonyl (C=O) groups is 2. The zero-order valence-electron chi connectivity index (χ0n) is 4.20. The summed E-state index contributed by atoms with van der Waals surface area (Å²) in [6.45, 7) is 0. The van der Waals surface area contributed by atoms with E-state index >= 15 is 0 Å². The Hall–Kier alpha value is -0.510. The van der Waals surface area contributed by atoms with Crippen molar-refractivity contribution in [1.29, 1.82) is 0 Å². The number of carbonyl (C=O) groups excluding carboxylic acids is 2. The normalized spacial score (nSPS) is 9.12. The predicted octanol–water partition coefficient (Wildman–Crippen LogP) is -0.867. The molecule has 8 heavy (non-hydrogen) atoms. The first kappa shape index (κ1) is 7.49. The SMILES string of the molecule is O=CCS(=O)CC=O. The highest BCUT2D eigenvalue weighted by Gasteiger charge is 1.93. The molecule has 3 nitrogen and oxygen atoms in total. The van der Waals surface area contributed by atoms with Gasteiger partial charge in [-0.05, 0) is 0 Å². The second kappa shape index (κ2) is 4.64. The van der Waals surface area contributed by atoms with Crippen LogP contribution in [-0.4, -0.2) is 28.3 Å². The molecule has 0 aliphatic rings. The number of hydrogen-bond acceptors (Lipinski definition) is 3. The van der Waals surface area contributed by atoms with E-state index < -0.39 is 10.8 Å². The van der Waals surface area contributed by atoms with Gasteiger partial charge in [0, 0.05) is 10.8 Å². The zero-order chi connectivity index (χ0) is 6.41. The number of rotatable bonds is 4. The van der Waals surface area contributed by atoms with Crippen molar-refractivity contribution < 1.29 is 13.8 Å². The van der Waals surface area contributed by atoms with E-state index in [-0.39, 0.29) is 11.5 Å². The summed E-state index contributed by atoms with van der Waals surface area (Å²) in [5, 5.41) is 0. The van der Waals surface area contributed by atoms with Crippen molar-refractivity contribution in [2.45, 2.75) is 0 Å². The van der Waals surface area contributed by atoms with E-state index in [1.807, 2.05) is 0 Å². The van der Waals surface area contributed by atoms with Crippen LogP contribution in [0.4, 0.5) is 0 Å². The Kier molecular flexibility index (Phi) is 4.35. The monoisotopic (exact) mass is 134 g/mol. The molecule has 0 saturated heterocycles. The number of hydrogen-bond donors (Lipinski definition) is 0. The van der Waals surface area contributed by atoms with Gasteiger partial charge in [0.2, 0.25) is 0 Å². The maximum atomic E-state index is 10.3. The van der Waals surface area contributed by atoms with Crippen LogP contribution in [0.15, 0.2) is 0 Å². The first-order valence-electron chi connectivity index (χ1n) is 2.03. The molecule has 0 radical (unpaired) electrons. The van der Waals surface area contributed by atoms with Crippen molar-refractivity contribution in [3.05, 3.63) is 0 Å². The minimum atomic E-state index is -1.26. The standard InChI is InChI=1S/C4H6O3S/c5-1-3-8(7)4-2-6/h1-2H,3-4H2. The Balaban J connectivity index is 3.32. The van der Waals surface area contributed by atoms with E-state index in [2.05, 4.69) is 0 Å². The fraction of sp³-hybridized carbons (Fsp3) is 0.500. The molecule has 0 bridgehead atoms. The molecule has 0 N–H and O–H groups in total. The smallest absolute Gasteiger partial charge is 0.132 e. The third-order valence-electron chi connectivity index (χ3n) is 0.508. The van der Waals surface area contributed by atoms with Gasteiger partial charge in [-0.3, -0.25) is 4.21 Å². The highest BCUT2D eigenvalue weighted by Crippen LogP contribution is 1.73. The van der Waals surface area contributed by atoms with Crippen LogP contribution in [0, 0.1) is 0 Å². The highest BCUT2D eigenvalue weighted by molar-refractivity contribution is 7.86. The van der Waals surface area contributed by atoms with Gasteiger partial charge < -0.3 is 9.59 Å². The molecule has 0 atom stereocenters. The summed E-state index contributed by atoms with van der Waals surface area (Å²) in [6, 6.07) is 0. The van der Waals surface area contributed by atoms with E-state index in [9.17, 15) is 13.8 Å². The molecule has 46 valence electrons. The molecule has 0 heterocycles. The van der Waals surface area contributed by atoms with Crippen LogP contribution in [0.2, 0.25) is 0 Å². The fourth-order valence-corrected chi connectivity index (χ4v) is 0.659. The van der Waals surface area contributed by atoms with Crippen molar-refractivity contribution >= 4 is 23.4 Å². The van der Waals surface area contributed by atoms with Gasteiger partial charge in [0.05, 0.1) is 11.5 Å². The van der Waals surface area contributed by atoms with Crippen molar-refractivity contribution in [3.63, 3.8) is 0 Å². The van der Waals surface area contributed by atoms with Gasteiger partial charge in [-0.25, -0.2) is 0 Å². The molecule has 4 heteroatoms.